The fourth-order valence-electron chi connectivity index (χ4n) is 3.60. The van der Waals surface area contributed by atoms with Gasteiger partial charge in [-0.2, -0.15) is 0 Å². The first kappa shape index (κ1) is 19.3. The van der Waals surface area contributed by atoms with Crippen molar-refractivity contribution in [1.29, 1.82) is 0 Å². The maximum atomic E-state index is 10.9. The molecule has 1 N–H and O–H groups in total. The Morgan fingerprint density at radius 1 is 1.25 bits per heavy atom. The number of benzene rings is 1. The Bertz CT molecular complexity index is 526. The van der Waals surface area contributed by atoms with Crippen LogP contribution in [0, 0.1) is 5.92 Å². The molecule has 134 valence electrons. The van der Waals surface area contributed by atoms with Crippen LogP contribution in [0.2, 0.25) is 5.02 Å². The molecule has 0 aromatic heterocycles. The van der Waals surface area contributed by atoms with Gasteiger partial charge in [0.2, 0.25) is 5.91 Å². The van der Waals surface area contributed by atoms with Gasteiger partial charge in [0.1, 0.15) is 0 Å². The molecular weight excluding hydrogens is 320 g/mol. The van der Waals surface area contributed by atoms with Crippen LogP contribution in [0.3, 0.4) is 0 Å². The van der Waals surface area contributed by atoms with Crippen LogP contribution < -0.4 is 5.32 Å². The molecule has 0 unspecified atom stereocenters. The Morgan fingerprint density at radius 3 is 2.71 bits per heavy atom. The number of nitrogens with one attached hydrogen (secondary N) is 1. The number of fused-ring (bicyclic) bond motifs is 1. The van der Waals surface area contributed by atoms with Crippen LogP contribution in [0.25, 0.3) is 0 Å². The van der Waals surface area contributed by atoms with Gasteiger partial charge in [-0.15, -0.1) is 0 Å². The second kappa shape index (κ2) is 10.0. The number of halogens is 1. The first-order chi connectivity index (χ1) is 11.6. The van der Waals surface area contributed by atoms with Gasteiger partial charge in [0, 0.05) is 31.6 Å². The van der Waals surface area contributed by atoms with Gasteiger partial charge in [0.25, 0.3) is 0 Å². The number of hydrogen-bond donors (Lipinski definition) is 1. The van der Waals surface area contributed by atoms with Crippen LogP contribution in [-0.2, 0) is 17.8 Å². The van der Waals surface area contributed by atoms with Gasteiger partial charge in [-0.3, -0.25) is 4.79 Å². The molecule has 1 amide bonds. The summed E-state index contributed by atoms with van der Waals surface area (Å²) in [5.74, 6) is 1.02. The molecule has 0 atom stereocenters. The third-order valence-corrected chi connectivity index (χ3v) is 5.39. The predicted octanol–water partition coefficient (Wildman–Crippen LogP) is 4.42. The largest absolute Gasteiger partial charge is 0.359 e. The van der Waals surface area contributed by atoms with E-state index in [4.69, 9.17) is 11.6 Å². The molecule has 0 radical (unpaired) electrons. The summed E-state index contributed by atoms with van der Waals surface area (Å²) in [6.07, 6.45) is 9.79. The number of carbonyl (C=O) groups is 1. The van der Waals surface area contributed by atoms with Crippen molar-refractivity contribution >= 4 is 17.5 Å². The van der Waals surface area contributed by atoms with Crippen molar-refractivity contribution in [2.24, 2.45) is 5.92 Å². The van der Waals surface area contributed by atoms with Crippen LogP contribution in [0.4, 0.5) is 0 Å². The van der Waals surface area contributed by atoms with E-state index in [1.54, 1.807) is 7.05 Å². The molecule has 1 aromatic rings. The molecule has 4 heteroatoms. The minimum atomic E-state index is 0.195. The van der Waals surface area contributed by atoms with Crippen molar-refractivity contribution < 1.29 is 4.79 Å². The van der Waals surface area contributed by atoms with Crippen molar-refractivity contribution in [3.63, 3.8) is 0 Å². The highest BCUT2D eigenvalue weighted by Crippen LogP contribution is 2.27. The molecule has 3 nitrogen and oxygen atoms in total. The summed E-state index contributed by atoms with van der Waals surface area (Å²) in [4.78, 5) is 13.3. The number of rotatable bonds is 3. The third-order valence-electron chi connectivity index (χ3n) is 5.15. The SMILES string of the molecule is CN1CCc2cc(Cl)ccc2C1.CNC(=O)CCC1CCCCC1. The third kappa shape index (κ3) is 6.45. The summed E-state index contributed by atoms with van der Waals surface area (Å²) >= 11 is 5.90. The summed E-state index contributed by atoms with van der Waals surface area (Å²) in [5, 5.41) is 3.53. The fourth-order valence-corrected chi connectivity index (χ4v) is 3.79. The van der Waals surface area contributed by atoms with Crippen molar-refractivity contribution in [3.8, 4) is 0 Å². The maximum absolute atomic E-state index is 10.9. The zero-order valence-corrected chi connectivity index (χ0v) is 15.9. The summed E-state index contributed by atoms with van der Waals surface area (Å²) in [5.41, 5.74) is 2.84. The van der Waals surface area contributed by atoms with Crippen molar-refractivity contribution in [3.05, 3.63) is 34.3 Å². The van der Waals surface area contributed by atoms with Gasteiger partial charge < -0.3 is 10.2 Å². The average Bonchev–Trinajstić information content (AvgIpc) is 2.61. The topological polar surface area (TPSA) is 32.3 Å². The molecule has 1 aliphatic heterocycles. The Labute approximate surface area is 151 Å². The van der Waals surface area contributed by atoms with E-state index < -0.39 is 0 Å². The Morgan fingerprint density at radius 2 is 2.00 bits per heavy atom. The minimum absolute atomic E-state index is 0.195. The van der Waals surface area contributed by atoms with Crippen molar-refractivity contribution in [1.82, 2.24) is 10.2 Å². The van der Waals surface area contributed by atoms with E-state index in [9.17, 15) is 4.79 Å². The Hall–Kier alpha value is -1.06. The van der Waals surface area contributed by atoms with Gasteiger partial charge in [0.05, 0.1) is 0 Å². The second-order valence-corrected chi connectivity index (χ2v) is 7.55. The monoisotopic (exact) mass is 350 g/mol. The van der Waals surface area contributed by atoms with E-state index in [2.05, 4.69) is 29.4 Å². The van der Waals surface area contributed by atoms with Crippen molar-refractivity contribution in [2.45, 2.75) is 57.9 Å². The number of hydrogen-bond acceptors (Lipinski definition) is 2. The first-order valence-corrected chi connectivity index (χ1v) is 9.62. The maximum Gasteiger partial charge on any atom is 0.219 e. The van der Waals surface area contributed by atoms with E-state index in [1.165, 1.54) is 43.2 Å². The Balaban J connectivity index is 0.000000174. The molecule has 1 fully saturated rings. The Kier molecular flexibility index (Phi) is 8.07. The molecule has 1 aliphatic carbocycles. The standard InChI is InChI=1S/C10H12ClN.C10H19NO/c1-12-5-4-8-6-10(11)3-2-9(8)7-12;1-11-10(12)8-7-9-5-3-2-4-6-9/h2-3,6H,4-5,7H2,1H3;9H,2-8H2,1H3,(H,11,12). The summed E-state index contributed by atoms with van der Waals surface area (Å²) in [7, 11) is 3.86. The van der Waals surface area contributed by atoms with Crippen LogP contribution in [-0.4, -0.2) is 31.4 Å². The van der Waals surface area contributed by atoms with Crippen LogP contribution in [0.1, 0.15) is 56.1 Å². The molecule has 24 heavy (non-hydrogen) atoms. The van der Waals surface area contributed by atoms with Crippen LogP contribution >= 0.6 is 11.6 Å². The number of amides is 1. The van der Waals surface area contributed by atoms with Gasteiger partial charge in [-0.05, 0) is 49.1 Å². The smallest absolute Gasteiger partial charge is 0.219 e. The van der Waals surface area contributed by atoms with Gasteiger partial charge >= 0.3 is 0 Å². The number of likely N-dealkylation sites (N-methyl/N-ethyl adjacent to an activating group) is 1. The van der Waals surface area contributed by atoms with E-state index >= 15 is 0 Å². The van der Waals surface area contributed by atoms with E-state index in [0.29, 0.717) is 0 Å². The highest BCUT2D eigenvalue weighted by atomic mass is 35.5. The van der Waals surface area contributed by atoms with Crippen LogP contribution in [0.15, 0.2) is 18.2 Å². The normalized spacial score (nSPS) is 18.3. The summed E-state index contributed by atoms with van der Waals surface area (Å²) in [6.45, 7) is 2.21. The average molecular weight is 351 g/mol. The van der Waals surface area contributed by atoms with Gasteiger partial charge in [-0.25, -0.2) is 0 Å². The zero-order valence-electron chi connectivity index (χ0n) is 15.1. The predicted molar refractivity (Wildman–Crippen MR) is 101 cm³/mol. The number of nitrogens with zero attached hydrogens (tertiary/aromatic N) is 1. The molecular formula is C20H31ClN2O. The minimum Gasteiger partial charge on any atom is -0.359 e. The highest BCUT2D eigenvalue weighted by molar-refractivity contribution is 6.30. The lowest BCUT2D eigenvalue weighted by molar-refractivity contribution is -0.120. The highest BCUT2D eigenvalue weighted by Gasteiger charge is 2.14. The molecule has 0 saturated heterocycles. The van der Waals surface area contributed by atoms with Crippen LogP contribution in [0.5, 0.6) is 0 Å². The first-order valence-electron chi connectivity index (χ1n) is 9.25. The lowest BCUT2D eigenvalue weighted by Crippen LogP contribution is -2.26. The van der Waals surface area contributed by atoms with Gasteiger partial charge in [0.15, 0.2) is 0 Å². The quantitative estimate of drug-likeness (QED) is 0.875. The van der Waals surface area contributed by atoms with Crippen molar-refractivity contribution in [2.75, 3.05) is 20.6 Å². The zero-order chi connectivity index (χ0) is 17.4. The number of carbonyl (C=O) groups excluding carboxylic acids is 1. The van der Waals surface area contributed by atoms with Gasteiger partial charge in [-0.1, -0.05) is 49.8 Å². The molecule has 2 aliphatic rings. The molecule has 0 spiro atoms. The van der Waals surface area contributed by atoms with E-state index in [1.807, 2.05) is 6.07 Å². The summed E-state index contributed by atoms with van der Waals surface area (Å²) in [6, 6.07) is 6.19. The van der Waals surface area contributed by atoms with E-state index in [-0.39, 0.29) is 5.91 Å². The lowest BCUT2D eigenvalue weighted by atomic mass is 9.86. The molecule has 3 rings (SSSR count). The molecule has 1 saturated carbocycles. The molecule has 1 aromatic carbocycles. The second-order valence-electron chi connectivity index (χ2n) is 7.12. The fraction of sp³-hybridized carbons (Fsp3) is 0.650. The molecule has 1 heterocycles. The van der Waals surface area contributed by atoms with E-state index in [0.717, 1.165) is 43.3 Å². The lowest BCUT2D eigenvalue weighted by Gasteiger charge is -2.24. The summed E-state index contributed by atoms with van der Waals surface area (Å²) < 4.78 is 0. The molecule has 0 bridgehead atoms.